The smallest absolute Gasteiger partial charge is 0.0206 e. The SMILES string of the molecule is CCNCCNCc1ccc(I)cc1. The molecule has 2 N–H and O–H groups in total. The van der Waals surface area contributed by atoms with Crippen LogP contribution < -0.4 is 10.6 Å². The van der Waals surface area contributed by atoms with E-state index in [-0.39, 0.29) is 0 Å². The Balaban J connectivity index is 2.15. The molecule has 3 heteroatoms. The minimum absolute atomic E-state index is 0.961. The molecule has 0 aliphatic carbocycles. The molecule has 0 fully saturated rings. The van der Waals surface area contributed by atoms with Gasteiger partial charge in [0.05, 0.1) is 0 Å². The van der Waals surface area contributed by atoms with Crippen LogP contribution in [0.4, 0.5) is 0 Å². The Bertz CT molecular complexity index is 246. The highest BCUT2D eigenvalue weighted by Crippen LogP contribution is 2.05. The van der Waals surface area contributed by atoms with Crippen molar-refractivity contribution in [2.24, 2.45) is 0 Å². The van der Waals surface area contributed by atoms with Crippen LogP contribution in [0.1, 0.15) is 12.5 Å². The molecule has 0 amide bonds. The third-order valence-electron chi connectivity index (χ3n) is 1.97. The lowest BCUT2D eigenvalue weighted by atomic mass is 10.2. The maximum atomic E-state index is 3.39. The Hall–Kier alpha value is -0.130. The largest absolute Gasteiger partial charge is 0.316 e. The number of rotatable bonds is 6. The van der Waals surface area contributed by atoms with Crippen LogP contribution in [-0.4, -0.2) is 19.6 Å². The molecule has 0 heterocycles. The molecule has 0 saturated carbocycles. The zero-order valence-corrected chi connectivity index (χ0v) is 10.7. The molecule has 78 valence electrons. The van der Waals surface area contributed by atoms with Gasteiger partial charge in [-0.05, 0) is 46.8 Å². The second-order valence-electron chi connectivity index (χ2n) is 3.16. The van der Waals surface area contributed by atoms with Crippen molar-refractivity contribution in [3.63, 3.8) is 0 Å². The van der Waals surface area contributed by atoms with E-state index in [9.17, 15) is 0 Å². The molecule has 2 nitrogen and oxygen atoms in total. The van der Waals surface area contributed by atoms with E-state index in [1.54, 1.807) is 0 Å². The zero-order chi connectivity index (χ0) is 10.2. The molecule has 0 saturated heterocycles. The first-order valence-corrected chi connectivity index (χ1v) is 6.06. The fraction of sp³-hybridized carbons (Fsp3) is 0.455. The van der Waals surface area contributed by atoms with E-state index in [1.165, 1.54) is 9.13 Å². The van der Waals surface area contributed by atoms with E-state index in [4.69, 9.17) is 0 Å². The van der Waals surface area contributed by atoms with Crippen molar-refractivity contribution < 1.29 is 0 Å². The summed E-state index contributed by atoms with van der Waals surface area (Å²) >= 11 is 2.32. The lowest BCUT2D eigenvalue weighted by molar-refractivity contribution is 0.625. The molecule has 0 unspecified atom stereocenters. The number of likely N-dealkylation sites (N-methyl/N-ethyl adjacent to an activating group) is 1. The Morgan fingerprint density at radius 2 is 1.71 bits per heavy atom. The van der Waals surface area contributed by atoms with Gasteiger partial charge in [0.1, 0.15) is 0 Å². The molecule has 0 aliphatic rings. The highest BCUT2D eigenvalue weighted by atomic mass is 127. The van der Waals surface area contributed by atoms with Crippen molar-refractivity contribution in [2.75, 3.05) is 19.6 Å². The predicted molar refractivity (Wildman–Crippen MR) is 69.4 cm³/mol. The number of hydrogen-bond donors (Lipinski definition) is 2. The van der Waals surface area contributed by atoms with Gasteiger partial charge in [-0.2, -0.15) is 0 Å². The molecule has 0 radical (unpaired) electrons. The van der Waals surface area contributed by atoms with Gasteiger partial charge in [0.15, 0.2) is 0 Å². The average Bonchev–Trinajstić information content (AvgIpc) is 2.21. The van der Waals surface area contributed by atoms with E-state index in [2.05, 4.69) is 64.4 Å². The van der Waals surface area contributed by atoms with E-state index in [1.807, 2.05) is 0 Å². The number of benzene rings is 1. The Morgan fingerprint density at radius 3 is 2.36 bits per heavy atom. The van der Waals surface area contributed by atoms with Gasteiger partial charge < -0.3 is 10.6 Å². The highest BCUT2D eigenvalue weighted by molar-refractivity contribution is 14.1. The zero-order valence-electron chi connectivity index (χ0n) is 8.52. The number of hydrogen-bond acceptors (Lipinski definition) is 2. The normalized spacial score (nSPS) is 10.4. The van der Waals surface area contributed by atoms with Gasteiger partial charge >= 0.3 is 0 Å². The quantitative estimate of drug-likeness (QED) is 0.620. The summed E-state index contributed by atoms with van der Waals surface area (Å²) in [4.78, 5) is 0. The van der Waals surface area contributed by atoms with Crippen LogP contribution in [0.25, 0.3) is 0 Å². The van der Waals surface area contributed by atoms with Crippen LogP contribution in [0.2, 0.25) is 0 Å². The number of halogens is 1. The molecule has 0 atom stereocenters. The monoisotopic (exact) mass is 304 g/mol. The van der Waals surface area contributed by atoms with Crippen molar-refractivity contribution in [3.05, 3.63) is 33.4 Å². The lowest BCUT2D eigenvalue weighted by Gasteiger charge is -2.05. The molecular formula is C11H17IN2. The van der Waals surface area contributed by atoms with Crippen molar-refractivity contribution in [3.8, 4) is 0 Å². The van der Waals surface area contributed by atoms with Gasteiger partial charge in [0.25, 0.3) is 0 Å². The van der Waals surface area contributed by atoms with Gasteiger partial charge in [-0.25, -0.2) is 0 Å². The predicted octanol–water partition coefficient (Wildman–Crippen LogP) is 1.99. The van der Waals surface area contributed by atoms with E-state index < -0.39 is 0 Å². The molecule has 0 spiro atoms. The molecule has 14 heavy (non-hydrogen) atoms. The van der Waals surface area contributed by atoms with E-state index >= 15 is 0 Å². The summed E-state index contributed by atoms with van der Waals surface area (Å²) in [7, 11) is 0. The van der Waals surface area contributed by atoms with Crippen molar-refractivity contribution in [2.45, 2.75) is 13.5 Å². The van der Waals surface area contributed by atoms with Crippen molar-refractivity contribution >= 4 is 22.6 Å². The lowest BCUT2D eigenvalue weighted by Crippen LogP contribution is -2.26. The second kappa shape index (κ2) is 7.20. The Labute approximate surface area is 99.6 Å². The average molecular weight is 304 g/mol. The topological polar surface area (TPSA) is 24.1 Å². The van der Waals surface area contributed by atoms with Crippen LogP contribution in [0.5, 0.6) is 0 Å². The third kappa shape index (κ3) is 4.93. The minimum Gasteiger partial charge on any atom is -0.316 e. The van der Waals surface area contributed by atoms with Crippen LogP contribution in [0.3, 0.4) is 0 Å². The van der Waals surface area contributed by atoms with Crippen LogP contribution in [-0.2, 0) is 6.54 Å². The van der Waals surface area contributed by atoms with Gasteiger partial charge in [-0.1, -0.05) is 19.1 Å². The van der Waals surface area contributed by atoms with Crippen molar-refractivity contribution in [1.82, 2.24) is 10.6 Å². The first-order valence-electron chi connectivity index (χ1n) is 4.99. The molecule has 1 aromatic rings. The highest BCUT2D eigenvalue weighted by Gasteiger charge is 1.91. The Morgan fingerprint density at radius 1 is 1.07 bits per heavy atom. The number of nitrogens with one attached hydrogen (secondary N) is 2. The van der Waals surface area contributed by atoms with Gasteiger partial charge in [-0.15, -0.1) is 0 Å². The van der Waals surface area contributed by atoms with Crippen molar-refractivity contribution in [1.29, 1.82) is 0 Å². The molecule has 0 bridgehead atoms. The molecule has 0 aliphatic heterocycles. The first-order chi connectivity index (χ1) is 6.83. The summed E-state index contributed by atoms with van der Waals surface area (Å²) in [6, 6.07) is 8.62. The first kappa shape index (κ1) is 11.9. The van der Waals surface area contributed by atoms with Gasteiger partial charge in [0.2, 0.25) is 0 Å². The molecule has 1 aromatic carbocycles. The van der Waals surface area contributed by atoms with E-state index in [0.717, 1.165) is 26.2 Å². The maximum absolute atomic E-state index is 3.39. The summed E-state index contributed by atoms with van der Waals surface area (Å²) in [5, 5.41) is 6.67. The third-order valence-corrected chi connectivity index (χ3v) is 2.69. The maximum Gasteiger partial charge on any atom is 0.0206 e. The second-order valence-corrected chi connectivity index (χ2v) is 4.40. The summed E-state index contributed by atoms with van der Waals surface area (Å²) in [5.41, 5.74) is 1.35. The Kier molecular flexibility index (Phi) is 6.14. The molecule has 1 rings (SSSR count). The molecule has 0 aromatic heterocycles. The summed E-state index contributed by atoms with van der Waals surface area (Å²) in [6.45, 7) is 6.20. The van der Waals surface area contributed by atoms with Crippen LogP contribution >= 0.6 is 22.6 Å². The van der Waals surface area contributed by atoms with Gasteiger partial charge in [0, 0.05) is 23.2 Å². The molecular weight excluding hydrogens is 287 g/mol. The summed E-state index contributed by atoms with van der Waals surface area (Å²) in [5.74, 6) is 0. The standard InChI is InChI=1S/C11H17IN2/c1-2-13-7-8-14-9-10-3-5-11(12)6-4-10/h3-6,13-14H,2,7-9H2,1H3. The fourth-order valence-electron chi connectivity index (χ4n) is 1.19. The van der Waals surface area contributed by atoms with E-state index in [0.29, 0.717) is 0 Å². The van der Waals surface area contributed by atoms with Crippen LogP contribution in [0.15, 0.2) is 24.3 Å². The minimum atomic E-state index is 0.961. The summed E-state index contributed by atoms with van der Waals surface area (Å²) in [6.07, 6.45) is 0. The fourth-order valence-corrected chi connectivity index (χ4v) is 1.55. The van der Waals surface area contributed by atoms with Crippen LogP contribution in [0, 0.1) is 3.57 Å². The van der Waals surface area contributed by atoms with Gasteiger partial charge in [-0.3, -0.25) is 0 Å². The summed E-state index contributed by atoms with van der Waals surface area (Å²) < 4.78 is 1.29.